The van der Waals surface area contributed by atoms with Gasteiger partial charge in [-0.25, -0.2) is 4.98 Å². The molecule has 150 valence electrons. The number of hydrogen-bond acceptors (Lipinski definition) is 1. The summed E-state index contributed by atoms with van der Waals surface area (Å²) in [5.74, 6) is 0. The highest BCUT2D eigenvalue weighted by Crippen LogP contribution is 2.32. The van der Waals surface area contributed by atoms with Crippen LogP contribution in [-0.4, -0.2) is 4.98 Å². The van der Waals surface area contributed by atoms with Crippen LogP contribution in [0.15, 0.2) is 127 Å². The zero-order chi connectivity index (χ0) is 21.3. The summed E-state index contributed by atoms with van der Waals surface area (Å²) in [5.41, 5.74) is 6.60. The van der Waals surface area contributed by atoms with Gasteiger partial charge in [-0.3, -0.25) is 0 Å². The summed E-state index contributed by atoms with van der Waals surface area (Å²) in [5, 5.41) is 4.93. The average molecular weight is 408 g/mol. The van der Waals surface area contributed by atoms with Crippen LogP contribution in [-0.2, 0) is 0 Å². The molecule has 5 aromatic carbocycles. The minimum absolute atomic E-state index is 0.986. The van der Waals surface area contributed by atoms with Crippen molar-refractivity contribution in [3.8, 4) is 33.6 Å². The number of fused-ring (bicyclic) bond motifs is 2. The van der Waals surface area contributed by atoms with Crippen molar-refractivity contribution in [2.75, 3.05) is 0 Å². The molecule has 1 nitrogen and oxygen atoms in total. The fourth-order valence-corrected chi connectivity index (χ4v) is 4.32. The molecule has 0 aliphatic rings. The highest BCUT2D eigenvalue weighted by atomic mass is 14.7. The van der Waals surface area contributed by atoms with E-state index in [4.69, 9.17) is 4.98 Å². The molecule has 32 heavy (non-hydrogen) atoms. The topological polar surface area (TPSA) is 12.9 Å². The molecule has 1 heterocycles. The van der Waals surface area contributed by atoms with E-state index in [0.717, 1.165) is 22.5 Å². The van der Waals surface area contributed by atoms with Gasteiger partial charge in [-0.1, -0.05) is 103 Å². The minimum Gasteiger partial charge on any atom is -0.248 e. The summed E-state index contributed by atoms with van der Waals surface area (Å²) in [7, 11) is 0. The summed E-state index contributed by atoms with van der Waals surface area (Å²) in [6.45, 7) is 0. The van der Waals surface area contributed by atoms with E-state index in [2.05, 4.69) is 127 Å². The van der Waals surface area contributed by atoms with Crippen molar-refractivity contribution >= 4 is 21.5 Å². The zero-order valence-electron chi connectivity index (χ0n) is 17.6. The molecule has 0 unspecified atom stereocenters. The zero-order valence-corrected chi connectivity index (χ0v) is 17.6. The molecule has 0 bridgehead atoms. The molecule has 0 atom stereocenters. The van der Waals surface area contributed by atoms with Gasteiger partial charge in [0.15, 0.2) is 0 Å². The third-order valence-corrected chi connectivity index (χ3v) is 6.02. The number of hydrogen-bond donors (Lipinski definition) is 0. The molecule has 0 aliphatic carbocycles. The lowest BCUT2D eigenvalue weighted by molar-refractivity contribution is 1.33. The molecule has 1 aromatic heterocycles. The Balaban J connectivity index is 1.56. The molecule has 1 heteroatoms. The molecule has 6 rings (SSSR count). The van der Waals surface area contributed by atoms with E-state index in [1.807, 2.05) is 0 Å². The minimum atomic E-state index is 0.986. The van der Waals surface area contributed by atoms with E-state index in [0.29, 0.717) is 0 Å². The highest BCUT2D eigenvalue weighted by Gasteiger charge is 2.10. The molecular formula is C31H21N. The molecule has 0 spiro atoms. The van der Waals surface area contributed by atoms with Crippen LogP contribution in [0.5, 0.6) is 0 Å². The second-order valence-electron chi connectivity index (χ2n) is 8.12. The van der Waals surface area contributed by atoms with Gasteiger partial charge in [0.25, 0.3) is 0 Å². The van der Waals surface area contributed by atoms with Crippen molar-refractivity contribution in [2.45, 2.75) is 0 Å². The lowest BCUT2D eigenvalue weighted by atomic mass is 9.98. The summed E-state index contributed by atoms with van der Waals surface area (Å²) in [4.78, 5) is 5.11. The van der Waals surface area contributed by atoms with Gasteiger partial charge in [-0.2, -0.15) is 0 Å². The van der Waals surface area contributed by atoms with Crippen molar-refractivity contribution in [1.82, 2.24) is 4.98 Å². The third kappa shape index (κ3) is 3.44. The summed E-state index contributed by atoms with van der Waals surface area (Å²) >= 11 is 0. The SMILES string of the molecule is c1ccc(-c2cc(-c3ccc4ccccc4c3)nc(-c3ccc4ccccc4c3)c2)cc1. The third-order valence-electron chi connectivity index (χ3n) is 6.02. The molecule has 0 radical (unpaired) electrons. The van der Waals surface area contributed by atoms with E-state index >= 15 is 0 Å². The van der Waals surface area contributed by atoms with Crippen molar-refractivity contribution in [2.24, 2.45) is 0 Å². The largest absolute Gasteiger partial charge is 0.248 e. The van der Waals surface area contributed by atoms with Gasteiger partial charge < -0.3 is 0 Å². The van der Waals surface area contributed by atoms with Crippen molar-refractivity contribution in [3.63, 3.8) is 0 Å². The number of benzene rings is 5. The van der Waals surface area contributed by atoms with Crippen molar-refractivity contribution < 1.29 is 0 Å². The lowest BCUT2D eigenvalue weighted by Crippen LogP contribution is -1.91. The van der Waals surface area contributed by atoms with E-state index in [1.54, 1.807) is 0 Å². The normalized spacial score (nSPS) is 11.1. The van der Waals surface area contributed by atoms with E-state index in [1.165, 1.54) is 32.7 Å². The van der Waals surface area contributed by atoms with Crippen LogP contribution in [0, 0.1) is 0 Å². The molecule has 0 saturated heterocycles. The smallest absolute Gasteiger partial charge is 0.0715 e. The fraction of sp³-hybridized carbons (Fsp3) is 0. The first kappa shape index (κ1) is 18.5. The van der Waals surface area contributed by atoms with Crippen molar-refractivity contribution in [3.05, 3.63) is 127 Å². The van der Waals surface area contributed by atoms with Crippen LogP contribution in [0.3, 0.4) is 0 Å². The van der Waals surface area contributed by atoms with Gasteiger partial charge in [-0.15, -0.1) is 0 Å². The van der Waals surface area contributed by atoms with Crippen LogP contribution in [0.4, 0.5) is 0 Å². The maximum Gasteiger partial charge on any atom is 0.0715 e. The van der Waals surface area contributed by atoms with Gasteiger partial charge in [0.1, 0.15) is 0 Å². The standard InChI is InChI=1S/C31H21N/c1-2-8-22(9-3-1)29-20-30(27-16-14-23-10-4-6-12-25(23)18-27)32-31(21-29)28-17-15-24-11-5-7-13-26(24)19-28/h1-21H. The Bertz CT molecular complexity index is 1470. The Morgan fingerprint density at radius 3 is 1.31 bits per heavy atom. The van der Waals surface area contributed by atoms with Gasteiger partial charge in [0.2, 0.25) is 0 Å². The average Bonchev–Trinajstić information content (AvgIpc) is 2.88. The first-order chi connectivity index (χ1) is 15.8. The number of rotatable bonds is 3. The Morgan fingerprint density at radius 2 is 0.781 bits per heavy atom. The Labute approximate surface area is 187 Å². The Morgan fingerprint density at radius 1 is 0.312 bits per heavy atom. The fourth-order valence-electron chi connectivity index (χ4n) is 4.32. The summed E-state index contributed by atoms with van der Waals surface area (Å²) < 4.78 is 0. The second-order valence-corrected chi connectivity index (χ2v) is 8.12. The maximum absolute atomic E-state index is 5.11. The van der Waals surface area contributed by atoms with Gasteiger partial charge in [0.05, 0.1) is 11.4 Å². The first-order valence-electron chi connectivity index (χ1n) is 10.9. The maximum atomic E-state index is 5.11. The van der Waals surface area contributed by atoms with Crippen molar-refractivity contribution in [1.29, 1.82) is 0 Å². The quantitative estimate of drug-likeness (QED) is 0.287. The number of nitrogens with zero attached hydrogens (tertiary/aromatic N) is 1. The monoisotopic (exact) mass is 407 g/mol. The molecule has 6 aromatic rings. The molecule has 0 amide bonds. The van der Waals surface area contributed by atoms with Crippen LogP contribution in [0.1, 0.15) is 0 Å². The van der Waals surface area contributed by atoms with Crippen LogP contribution < -0.4 is 0 Å². The Kier molecular flexibility index (Phi) is 4.51. The van der Waals surface area contributed by atoms with E-state index in [-0.39, 0.29) is 0 Å². The van der Waals surface area contributed by atoms with E-state index in [9.17, 15) is 0 Å². The molecule has 0 N–H and O–H groups in total. The van der Waals surface area contributed by atoms with Crippen LogP contribution in [0.25, 0.3) is 55.2 Å². The summed E-state index contributed by atoms with van der Waals surface area (Å²) in [6.07, 6.45) is 0. The first-order valence-corrected chi connectivity index (χ1v) is 10.9. The lowest BCUT2D eigenvalue weighted by Gasteiger charge is -2.11. The number of pyridine rings is 1. The predicted octanol–water partition coefficient (Wildman–Crippen LogP) is 8.39. The van der Waals surface area contributed by atoms with Gasteiger partial charge in [-0.05, 0) is 56.9 Å². The molecule has 0 aliphatic heterocycles. The van der Waals surface area contributed by atoms with Gasteiger partial charge >= 0.3 is 0 Å². The Hall–Kier alpha value is -4.23. The summed E-state index contributed by atoms with van der Waals surface area (Å²) in [6, 6.07) is 45.0. The molecule has 0 saturated carbocycles. The van der Waals surface area contributed by atoms with Gasteiger partial charge in [0, 0.05) is 11.1 Å². The highest BCUT2D eigenvalue weighted by molar-refractivity contribution is 5.89. The molecular weight excluding hydrogens is 386 g/mol. The predicted molar refractivity (Wildman–Crippen MR) is 136 cm³/mol. The second kappa shape index (κ2) is 7.79. The number of aromatic nitrogens is 1. The van der Waals surface area contributed by atoms with Crippen LogP contribution in [0.2, 0.25) is 0 Å². The van der Waals surface area contributed by atoms with Crippen LogP contribution >= 0.6 is 0 Å². The molecule has 0 fully saturated rings. The van der Waals surface area contributed by atoms with E-state index < -0.39 is 0 Å².